The first-order valence-corrected chi connectivity index (χ1v) is 20.1. The fraction of sp³-hybridized carbons (Fsp3) is 0.250. The Kier molecular flexibility index (Phi) is 14.9. The summed E-state index contributed by atoms with van der Waals surface area (Å²) in [6, 6.07) is 39.2. The summed E-state index contributed by atoms with van der Waals surface area (Å²) in [4.78, 5) is 81.1. The summed E-state index contributed by atoms with van der Waals surface area (Å²) < 4.78 is 53.7. The van der Waals surface area contributed by atoms with Gasteiger partial charge in [-0.2, -0.15) is 0 Å². The van der Waals surface area contributed by atoms with Crippen molar-refractivity contribution in [1.29, 1.82) is 0 Å². The first-order chi connectivity index (χ1) is 31.0. The van der Waals surface area contributed by atoms with E-state index in [1.165, 1.54) is 60.7 Å². The predicted octanol–water partition coefficient (Wildman–Crippen LogP) is 5.14. The van der Waals surface area contributed by atoms with Crippen molar-refractivity contribution >= 4 is 35.8 Å². The number of hydrogen-bond donors (Lipinski definition) is 1. The summed E-state index contributed by atoms with van der Waals surface area (Å²) in [5.74, 6) is -5.36. The van der Waals surface area contributed by atoms with Crippen LogP contribution in [0.15, 0.2) is 152 Å². The minimum Gasteiger partial charge on any atom is -0.459 e. The van der Waals surface area contributed by atoms with E-state index in [0.717, 1.165) is 6.92 Å². The van der Waals surface area contributed by atoms with E-state index < -0.39 is 104 Å². The molecule has 0 spiro atoms. The van der Waals surface area contributed by atoms with E-state index >= 15 is 0 Å². The Balaban J connectivity index is 1.30. The lowest BCUT2D eigenvalue weighted by atomic mass is 9.97. The van der Waals surface area contributed by atoms with Gasteiger partial charge in [0.25, 0.3) is 0 Å². The molecule has 0 radical (unpaired) electrons. The van der Waals surface area contributed by atoms with Crippen LogP contribution in [0, 0.1) is 0 Å². The largest absolute Gasteiger partial charge is 0.459 e. The number of carbonyl (C=O) groups excluding carboxylic acids is 6. The van der Waals surface area contributed by atoms with Crippen LogP contribution in [-0.2, 0) is 47.4 Å². The third-order valence-corrected chi connectivity index (χ3v) is 10.0. The molecule has 2 fully saturated rings. The molecule has 16 nitrogen and oxygen atoms in total. The molecule has 0 amide bonds. The first kappa shape index (κ1) is 44.8. The third-order valence-electron chi connectivity index (χ3n) is 10.0. The van der Waals surface area contributed by atoms with E-state index in [4.69, 9.17) is 42.6 Å². The molecule has 2 aliphatic heterocycles. The number of hydrogen-bond acceptors (Lipinski definition) is 16. The van der Waals surface area contributed by atoms with Gasteiger partial charge in [0, 0.05) is 6.92 Å². The molecular formula is C48H42O16. The van der Waals surface area contributed by atoms with Gasteiger partial charge in [0.15, 0.2) is 43.1 Å². The number of aliphatic hydroxyl groups is 1. The van der Waals surface area contributed by atoms with Crippen molar-refractivity contribution in [2.24, 2.45) is 0 Å². The number of esters is 6. The second-order valence-electron chi connectivity index (χ2n) is 14.4. The van der Waals surface area contributed by atoms with Gasteiger partial charge in [-0.05, 0) is 60.7 Å². The van der Waals surface area contributed by atoms with Crippen molar-refractivity contribution in [2.75, 3.05) is 13.2 Å². The van der Waals surface area contributed by atoms with Crippen LogP contribution in [0.3, 0.4) is 0 Å². The van der Waals surface area contributed by atoms with Crippen LogP contribution in [0.5, 0.6) is 0 Å². The van der Waals surface area contributed by atoms with E-state index in [1.54, 1.807) is 91.0 Å². The lowest BCUT2D eigenvalue weighted by Gasteiger charge is -2.46. The average molecular weight is 875 g/mol. The summed E-state index contributed by atoms with van der Waals surface area (Å²) in [5.41, 5.74) is 0.484. The predicted molar refractivity (Wildman–Crippen MR) is 220 cm³/mol. The first-order valence-electron chi connectivity index (χ1n) is 20.1. The van der Waals surface area contributed by atoms with Crippen LogP contribution in [0.25, 0.3) is 0 Å². The highest BCUT2D eigenvalue weighted by Gasteiger charge is 2.56. The molecule has 5 aromatic carbocycles. The molecule has 0 aliphatic carbocycles. The Morgan fingerprint density at radius 2 is 0.859 bits per heavy atom. The Morgan fingerprint density at radius 3 is 1.28 bits per heavy atom. The zero-order valence-corrected chi connectivity index (χ0v) is 34.1. The van der Waals surface area contributed by atoms with Crippen molar-refractivity contribution in [2.45, 2.75) is 62.2 Å². The van der Waals surface area contributed by atoms with Crippen LogP contribution >= 0.6 is 0 Å². The highest BCUT2D eigenvalue weighted by atomic mass is 16.8. The van der Waals surface area contributed by atoms with Crippen LogP contribution < -0.4 is 0 Å². The van der Waals surface area contributed by atoms with Crippen molar-refractivity contribution in [3.63, 3.8) is 0 Å². The van der Waals surface area contributed by atoms with Crippen LogP contribution in [0.2, 0.25) is 0 Å². The van der Waals surface area contributed by atoms with Crippen molar-refractivity contribution < 1.29 is 76.5 Å². The lowest BCUT2D eigenvalue weighted by molar-refractivity contribution is -0.338. The highest BCUT2D eigenvalue weighted by molar-refractivity contribution is 5.92. The summed E-state index contributed by atoms with van der Waals surface area (Å²) >= 11 is 0. The monoisotopic (exact) mass is 874 g/mol. The van der Waals surface area contributed by atoms with Gasteiger partial charge in [0.05, 0.1) is 34.4 Å². The van der Waals surface area contributed by atoms with Crippen molar-refractivity contribution in [3.8, 4) is 0 Å². The summed E-state index contributed by atoms with van der Waals surface area (Å²) in [6.07, 6.45) is -15.2. The maximum atomic E-state index is 14.0. The number of rotatable bonds is 14. The molecule has 2 heterocycles. The number of ether oxygens (including phenoxy) is 9. The number of carbonyl (C=O) groups is 6. The Hall–Kier alpha value is -7.24. The SMILES string of the molecule is CC(=O)O[C@@H]1C(OC(=O)c2ccccc2)[C@H](O)OC[C@H]1O[C@@H]1OC(COC(=O)c2ccccc2)[C@H](OC(=O)c2ccccc2)[C@H](OC(=O)c2ccccc2)C1OC(=O)c1ccccc1. The molecule has 0 aromatic heterocycles. The standard InChI is InChI=1S/C48H42O16/c1-29(49)58-38-36(28-57-47(55)40(38)63-45(53)33-23-13-5-14-24-33)60-48-41(64-46(54)34-25-15-6-16-26-34)39(62-44(52)32-21-11-4-12-22-32)37(61-43(51)31-19-9-3-10-20-31)35(59-48)27-56-42(50)30-17-7-2-8-18-30/h2-26,35-41,47-48,55H,27-28H2,1H3/t35?,36-,37+,38+,39+,40?,41?,47-,48+/m1/s1. The summed E-state index contributed by atoms with van der Waals surface area (Å²) in [7, 11) is 0. The average Bonchev–Trinajstić information content (AvgIpc) is 3.33. The maximum absolute atomic E-state index is 14.0. The molecule has 1 N–H and O–H groups in total. The van der Waals surface area contributed by atoms with Crippen LogP contribution in [0.4, 0.5) is 0 Å². The van der Waals surface area contributed by atoms with Crippen LogP contribution in [-0.4, -0.2) is 109 Å². The van der Waals surface area contributed by atoms with Gasteiger partial charge in [-0.1, -0.05) is 91.0 Å². The third kappa shape index (κ3) is 11.2. The molecule has 64 heavy (non-hydrogen) atoms. The minimum absolute atomic E-state index is 0.0564. The quantitative estimate of drug-likeness (QED) is 0.113. The van der Waals surface area contributed by atoms with Gasteiger partial charge in [-0.25, -0.2) is 24.0 Å². The van der Waals surface area contributed by atoms with Gasteiger partial charge in [-0.3, -0.25) is 4.79 Å². The Morgan fingerprint density at radius 1 is 0.484 bits per heavy atom. The van der Waals surface area contributed by atoms with E-state index in [2.05, 4.69) is 0 Å². The molecule has 2 aliphatic rings. The number of aliphatic hydroxyl groups excluding tert-OH is 1. The molecule has 0 saturated carbocycles. The maximum Gasteiger partial charge on any atom is 0.338 e. The molecule has 16 heteroatoms. The van der Waals surface area contributed by atoms with Gasteiger partial charge < -0.3 is 47.7 Å². The van der Waals surface area contributed by atoms with Crippen molar-refractivity contribution in [1.82, 2.24) is 0 Å². The van der Waals surface area contributed by atoms with E-state index in [9.17, 15) is 33.9 Å². The zero-order valence-electron chi connectivity index (χ0n) is 34.1. The molecule has 7 rings (SSSR count). The Bertz CT molecular complexity index is 2360. The van der Waals surface area contributed by atoms with Crippen LogP contribution in [0.1, 0.15) is 58.7 Å². The van der Waals surface area contributed by atoms with E-state index in [0.29, 0.717) is 0 Å². The van der Waals surface area contributed by atoms with Crippen molar-refractivity contribution in [3.05, 3.63) is 179 Å². The molecular weight excluding hydrogens is 833 g/mol. The lowest BCUT2D eigenvalue weighted by Crippen LogP contribution is -2.65. The van der Waals surface area contributed by atoms with Gasteiger partial charge in [-0.15, -0.1) is 0 Å². The molecule has 9 atom stereocenters. The Labute approximate surface area is 366 Å². The molecule has 2 saturated heterocycles. The normalized spacial score (nSPS) is 23.9. The molecule has 330 valence electrons. The second-order valence-corrected chi connectivity index (χ2v) is 14.4. The summed E-state index contributed by atoms with van der Waals surface area (Å²) in [6.45, 7) is -0.0890. The molecule has 3 unspecified atom stereocenters. The van der Waals surface area contributed by atoms with Gasteiger partial charge >= 0.3 is 35.8 Å². The van der Waals surface area contributed by atoms with E-state index in [1.807, 2.05) is 0 Å². The molecule has 5 aromatic rings. The minimum atomic E-state index is -1.85. The fourth-order valence-corrected chi connectivity index (χ4v) is 6.91. The highest BCUT2D eigenvalue weighted by Crippen LogP contribution is 2.34. The second kappa shape index (κ2) is 21.2. The zero-order chi connectivity index (χ0) is 45.0. The smallest absolute Gasteiger partial charge is 0.338 e. The van der Waals surface area contributed by atoms with E-state index in [-0.39, 0.29) is 27.8 Å². The topological polar surface area (TPSA) is 206 Å². The molecule has 0 bridgehead atoms. The summed E-state index contributed by atoms with van der Waals surface area (Å²) in [5, 5.41) is 11.0. The van der Waals surface area contributed by atoms with Gasteiger partial charge in [0.2, 0.25) is 0 Å². The van der Waals surface area contributed by atoms with Gasteiger partial charge in [0.1, 0.15) is 18.8 Å². The fourth-order valence-electron chi connectivity index (χ4n) is 6.91. The number of benzene rings is 5.